The van der Waals surface area contributed by atoms with Crippen molar-refractivity contribution in [2.24, 2.45) is 0 Å². The lowest BCUT2D eigenvalue weighted by Gasteiger charge is -2.13. The molecular formula is C17H21FN6O2. The van der Waals surface area contributed by atoms with Crippen LogP contribution in [0.15, 0.2) is 38.1 Å². The van der Waals surface area contributed by atoms with E-state index < -0.39 is 5.82 Å². The van der Waals surface area contributed by atoms with Gasteiger partial charge in [-0.15, -0.1) is 13.2 Å². The van der Waals surface area contributed by atoms with Gasteiger partial charge < -0.3 is 15.4 Å². The zero-order valence-corrected chi connectivity index (χ0v) is 14.6. The predicted octanol–water partition coefficient (Wildman–Crippen LogP) is 3.27. The Morgan fingerprint density at radius 3 is 2.73 bits per heavy atom. The molecule has 0 aliphatic rings. The Labute approximate surface area is 150 Å². The maximum absolute atomic E-state index is 13.8. The molecule has 0 aliphatic carbocycles. The first-order chi connectivity index (χ1) is 12.6. The smallest absolute Gasteiger partial charge is 0.290 e. The van der Waals surface area contributed by atoms with E-state index in [1.807, 2.05) is 13.8 Å². The first kappa shape index (κ1) is 20.7. The van der Waals surface area contributed by atoms with Crippen LogP contribution in [-0.4, -0.2) is 42.5 Å². The maximum atomic E-state index is 13.8. The molecule has 0 saturated carbocycles. The van der Waals surface area contributed by atoms with Crippen LogP contribution >= 0.6 is 0 Å². The van der Waals surface area contributed by atoms with Crippen LogP contribution in [0.1, 0.15) is 20.3 Å². The second kappa shape index (κ2) is 10.5. The van der Waals surface area contributed by atoms with Crippen LogP contribution in [-0.2, 0) is 4.79 Å². The third kappa shape index (κ3) is 5.07. The number of aromatic amines is 1. The van der Waals surface area contributed by atoms with Gasteiger partial charge in [0.05, 0.1) is 6.20 Å². The van der Waals surface area contributed by atoms with Crippen molar-refractivity contribution in [2.75, 3.05) is 5.32 Å². The number of fused-ring (bicyclic) bond motifs is 1. The van der Waals surface area contributed by atoms with Gasteiger partial charge in [0, 0.05) is 29.4 Å². The highest BCUT2D eigenvalue weighted by atomic mass is 19.1. The number of nitrogens with zero attached hydrogens (tertiary/aromatic N) is 4. The predicted molar refractivity (Wildman–Crippen MR) is 98.2 cm³/mol. The van der Waals surface area contributed by atoms with Gasteiger partial charge in [0.2, 0.25) is 0 Å². The molecule has 3 heterocycles. The topological polar surface area (TPSA) is 117 Å². The average Bonchev–Trinajstić information content (AvgIpc) is 3.10. The van der Waals surface area contributed by atoms with Crippen molar-refractivity contribution in [3.05, 3.63) is 43.9 Å². The van der Waals surface area contributed by atoms with Gasteiger partial charge in [0.25, 0.3) is 6.47 Å². The zero-order valence-electron chi connectivity index (χ0n) is 14.6. The molecule has 3 aromatic rings. The van der Waals surface area contributed by atoms with Crippen molar-refractivity contribution in [1.82, 2.24) is 24.9 Å². The summed E-state index contributed by atoms with van der Waals surface area (Å²) in [6, 6.07) is 0.133. The van der Waals surface area contributed by atoms with Gasteiger partial charge in [0.1, 0.15) is 12.0 Å². The van der Waals surface area contributed by atoms with E-state index in [0.717, 1.165) is 17.4 Å². The fourth-order valence-corrected chi connectivity index (χ4v) is 1.98. The van der Waals surface area contributed by atoms with Gasteiger partial charge in [-0.05, 0) is 13.3 Å². The Balaban J connectivity index is 0.000000615. The summed E-state index contributed by atoms with van der Waals surface area (Å²) in [5, 5.41) is 10.7. The van der Waals surface area contributed by atoms with E-state index in [4.69, 9.17) is 9.90 Å². The van der Waals surface area contributed by atoms with Crippen LogP contribution < -0.4 is 5.32 Å². The summed E-state index contributed by atoms with van der Waals surface area (Å²) in [5.74, 6) is 0.180. The molecule has 1 atom stereocenters. The first-order valence-corrected chi connectivity index (χ1v) is 7.75. The first-order valence-electron chi connectivity index (χ1n) is 7.75. The monoisotopic (exact) mass is 360 g/mol. The number of hydrogen-bond donors (Lipinski definition) is 3. The highest BCUT2D eigenvalue weighted by molar-refractivity contribution is 5.90. The van der Waals surface area contributed by atoms with Crippen LogP contribution in [0.3, 0.4) is 0 Å². The van der Waals surface area contributed by atoms with Crippen LogP contribution in [0.2, 0.25) is 0 Å². The maximum Gasteiger partial charge on any atom is 0.290 e. The molecule has 3 aromatic heterocycles. The van der Waals surface area contributed by atoms with Gasteiger partial charge in [-0.2, -0.15) is 0 Å². The van der Waals surface area contributed by atoms with E-state index >= 15 is 0 Å². The Kier molecular flexibility index (Phi) is 8.35. The molecule has 0 fully saturated rings. The molecule has 0 radical (unpaired) electrons. The summed E-state index contributed by atoms with van der Waals surface area (Å²) in [6.07, 6.45) is 6.95. The highest BCUT2D eigenvalue weighted by Gasteiger charge is 2.14. The van der Waals surface area contributed by atoms with Crippen molar-refractivity contribution in [2.45, 2.75) is 26.3 Å². The fourth-order valence-electron chi connectivity index (χ4n) is 1.98. The molecule has 8 nitrogen and oxygen atoms in total. The average molecular weight is 360 g/mol. The molecule has 0 aromatic carbocycles. The van der Waals surface area contributed by atoms with E-state index in [1.165, 1.54) is 12.5 Å². The van der Waals surface area contributed by atoms with Gasteiger partial charge in [0.15, 0.2) is 17.5 Å². The lowest BCUT2D eigenvalue weighted by molar-refractivity contribution is -0.122. The zero-order chi connectivity index (χ0) is 19.5. The van der Waals surface area contributed by atoms with Crippen molar-refractivity contribution >= 4 is 23.3 Å². The summed E-state index contributed by atoms with van der Waals surface area (Å²) in [7, 11) is 0. The minimum atomic E-state index is -0.463. The third-order valence-electron chi connectivity index (χ3n) is 3.34. The summed E-state index contributed by atoms with van der Waals surface area (Å²) < 4.78 is 13.8. The minimum absolute atomic E-state index is 0.133. The number of halogens is 1. The van der Waals surface area contributed by atoms with E-state index in [1.54, 1.807) is 12.4 Å². The molecule has 0 aliphatic heterocycles. The number of anilines is 1. The van der Waals surface area contributed by atoms with Crippen LogP contribution in [0.5, 0.6) is 0 Å². The Morgan fingerprint density at radius 2 is 2.08 bits per heavy atom. The van der Waals surface area contributed by atoms with Crippen LogP contribution in [0.4, 0.5) is 10.2 Å². The molecule has 3 rings (SSSR count). The normalized spacial score (nSPS) is 10.7. The SMILES string of the molecule is C=C.CCC(C)Nc1nc(-c2c[nH]c3ncncc23)ncc1F.O=CO. The van der Waals surface area contributed by atoms with E-state index in [9.17, 15) is 4.39 Å². The number of carboxylic acid groups (broad SMARTS) is 1. The third-order valence-corrected chi connectivity index (χ3v) is 3.34. The summed E-state index contributed by atoms with van der Waals surface area (Å²) >= 11 is 0. The van der Waals surface area contributed by atoms with E-state index in [-0.39, 0.29) is 18.3 Å². The molecule has 26 heavy (non-hydrogen) atoms. The van der Waals surface area contributed by atoms with E-state index in [0.29, 0.717) is 11.5 Å². The fraction of sp³-hybridized carbons (Fsp3) is 0.235. The molecule has 138 valence electrons. The van der Waals surface area contributed by atoms with Gasteiger partial charge in [-0.3, -0.25) is 4.79 Å². The second-order valence-corrected chi connectivity index (χ2v) is 4.94. The number of nitrogens with one attached hydrogen (secondary N) is 2. The lowest BCUT2D eigenvalue weighted by Crippen LogP contribution is -2.16. The molecule has 0 amide bonds. The summed E-state index contributed by atoms with van der Waals surface area (Å²) in [6.45, 7) is 9.75. The number of H-pyrrole nitrogens is 1. The Bertz CT molecular complexity index is 839. The van der Waals surface area contributed by atoms with Gasteiger partial charge in [-0.25, -0.2) is 24.3 Å². The lowest BCUT2D eigenvalue weighted by atomic mass is 10.2. The molecular weight excluding hydrogens is 339 g/mol. The highest BCUT2D eigenvalue weighted by Crippen LogP contribution is 2.25. The summed E-state index contributed by atoms with van der Waals surface area (Å²) in [5.41, 5.74) is 1.45. The molecule has 0 bridgehead atoms. The molecule has 0 spiro atoms. The van der Waals surface area contributed by atoms with E-state index in [2.05, 4.69) is 43.4 Å². The number of carbonyl (C=O) groups is 1. The van der Waals surface area contributed by atoms with Crippen LogP contribution in [0.25, 0.3) is 22.4 Å². The van der Waals surface area contributed by atoms with Crippen LogP contribution in [0, 0.1) is 5.82 Å². The quantitative estimate of drug-likeness (QED) is 0.483. The van der Waals surface area contributed by atoms with Gasteiger partial charge >= 0.3 is 0 Å². The second-order valence-electron chi connectivity index (χ2n) is 4.94. The minimum Gasteiger partial charge on any atom is -0.483 e. The molecule has 3 N–H and O–H groups in total. The molecule has 0 saturated heterocycles. The van der Waals surface area contributed by atoms with Crippen molar-refractivity contribution in [1.29, 1.82) is 0 Å². The summed E-state index contributed by atoms with van der Waals surface area (Å²) in [4.78, 5) is 27.8. The Morgan fingerprint density at radius 1 is 1.38 bits per heavy atom. The van der Waals surface area contributed by atoms with Gasteiger partial charge in [-0.1, -0.05) is 6.92 Å². The Hall–Kier alpha value is -3.36. The standard InChI is InChI=1S/C14H15FN6.C2H4.CH2O2/c1-3-8(2)20-14-11(15)6-18-13(21-14)10-5-17-12-9(10)4-16-7-19-12;1-2;2-1-3/h4-8H,3H2,1-2H3,(H,16,17,19)(H,18,20,21);1-2H2;1H,(H,2,3). The number of rotatable bonds is 4. The number of hydrogen-bond acceptors (Lipinski definition) is 6. The molecule has 1 unspecified atom stereocenters. The van der Waals surface area contributed by atoms with Crippen molar-refractivity contribution in [3.8, 4) is 11.4 Å². The van der Waals surface area contributed by atoms with Crippen molar-refractivity contribution in [3.63, 3.8) is 0 Å². The largest absolute Gasteiger partial charge is 0.483 e. The van der Waals surface area contributed by atoms with Crippen molar-refractivity contribution < 1.29 is 14.3 Å². The number of aromatic nitrogens is 5. The molecule has 9 heteroatoms.